The lowest BCUT2D eigenvalue weighted by Crippen LogP contribution is -2.38. The molecular weight excluding hydrogens is 344 g/mol. The van der Waals surface area contributed by atoms with Crippen LogP contribution < -0.4 is 4.90 Å². The van der Waals surface area contributed by atoms with E-state index in [1.165, 1.54) is 4.88 Å². The number of anilines is 1. The van der Waals surface area contributed by atoms with Gasteiger partial charge in [-0.2, -0.15) is 0 Å². The molecule has 0 N–H and O–H groups in total. The Kier molecular flexibility index (Phi) is 4.68. The van der Waals surface area contributed by atoms with Crippen LogP contribution in [0, 0.1) is 0 Å². The van der Waals surface area contributed by atoms with Crippen molar-refractivity contribution in [2.75, 3.05) is 24.6 Å². The van der Waals surface area contributed by atoms with Gasteiger partial charge in [-0.1, -0.05) is 6.07 Å². The first-order valence-corrected chi connectivity index (χ1v) is 10.3. The van der Waals surface area contributed by atoms with Gasteiger partial charge in [0, 0.05) is 18.0 Å². The summed E-state index contributed by atoms with van der Waals surface area (Å²) in [5.74, 6) is 0. The fourth-order valence-corrected chi connectivity index (χ4v) is 4.39. The highest BCUT2D eigenvalue weighted by Crippen LogP contribution is 2.29. The van der Waals surface area contributed by atoms with Gasteiger partial charge in [-0.15, -0.1) is 11.3 Å². The van der Waals surface area contributed by atoms with Gasteiger partial charge in [0.05, 0.1) is 23.2 Å². The number of ether oxygens (including phenoxy) is 1. The molecule has 0 spiro atoms. The average Bonchev–Trinajstić information content (AvgIpc) is 3.08. The minimum atomic E-state index is -3.42. The molecule has 5 nitrogen and oxygen atoms in total. The fourth-order valence-electron chi connectivity index (χ4n) is 2.56. The summed E-state index contributed by atoms with van der Waals surface area (Å²) in [6, 6.07) is 7.54. The van der Waals surface area contributed by atoms with Crippen molar-refractivity contribution >= 4 is 26.9 Å². The summed E-state index contributed by atoms with van der Waals surface area (Å²) in [6.07, 6.45) is 1.70. The maximum absolute atomic E-state index is 12.5. The van der Waals surface area contributed by atoms with Crippen LogP contribution in [0.5, 0.6) is 0 Å². The van der Waals surface area contributed by atoms with Gasteiger partial charge in [0.1, 0.15) is 6.10 Å². The number of aromatic nitrogens is 1. The maximum Gasteiger partial charge on any atom is 0.200 e. The van der Waals surface area contributed by atoms with Crippen LogP contribution in [-0.4, -0.2) is 37.8 Å². The zero-order chi connectivity index (χ0) is 17.4. The molecule has 3 rings (SSSR count). The van der Waals surface area contributed by atoms with Gasteiger partial charge in [0.15, 0.2) is 14.9 Å². The second kappa shape index (κ2) is 6.46. The molecule has 7 heteroatoms. The first-order chi connectivity index (χ1) is 11.3. The van der Waals surface area contributed by atoms with Crippen molar-refractivity contribution in [3.05, 3.63) is 40.7 Å². The molecule has 2 aromatic rings. The second-order valence-corrected chi connectivity index (χ2v) is 10.4. The zero-order valence-electron chi connectivity index (χ0n) is 14.1. The minimum Gasteiger partial charge on any atom is -0.369 e. The molecule has 1 saturated heterocycles. The first-order valence-electron chi connectivity index (χ1n) is 7.90. The molecule has 1 atom stereocenters. The number of pyridine rings is 1. The molecule has 1 aliphatic rings. The Labute approximate surface area is 147 Å². The van der Waals surface area contributed by atoms with E-state index in [0.717, 1.165) is 18.8 Å². The van der Waals surface area contributed by atoms with E-state index in [1.807, 2.05) is 17.5 Å². The largest absolute Gasteiger partial charge is 0.369 e. The molecule has 1 unspecified atom stereocenters. The molecule has 1 aliphatic heterocycles. The summed E-state index contributed by atoms with van der Waals surface area (Å²) >= 11 is 1.69. The van der Waals surface area contributed by atoms with Crippen LogP contribution in [0.1, 0.15) is 31.8 Å². The van der Waals surface area contributed by atoms with E-state index in [1.54, 1.807) is 44.4 Å². The van der Waals surface area contributed by atoms with Gasteiger partial charge in [-0.3, -0.25) is 0 Å². The van der Waals surface area contributed by atoms with Crippen molar-refractivity contribution in [1.29, 1.82) is 0 Å². The smallest absolute Gasteiger partial charge is 0.200 e. The molecule has 0 amide bonds. The molecule has 24 heavy (non-hydrogen) atoms. The molecule has 2 aromatic heterocycles. The molecule has 3 heterocycles. The summed E-state index contributed by atoms with van der Waals surface area (Å²) in [4.78, 5) is 7.61. The molecule has 0 saturated carbocycles. The molecule has 0 bridgehead atoms. The van der Waals surface area contributed by atoms with Gasteiger partial charge in [-0.25, -0.2) is 13.4 Å². The molecular formula is C17H22N2O3S2. The third-order valence-corrected chi connectivity index (χ3v) is 7.46. The third kappa shape index (κ3) is 3.34. The standard InChI is InChI=1S/C17H22N2O3S2/c1-17(2,3)24(20,21)16-7-6-13(11-18-16)19-8-9-22-14(12-19)15-5-4-10-23-15/h4-7,10-11,14H,8-9,12H2,1-3H3. The van der Waals surface area contributed by atoms with E-state index in [9.17, 15) is 8.42 Å². The summed E-state index contributed by atoms with van der Waals surface area (Å²) in [5, 5.41) is 2.17. The molecule has 1 fully saturated rings. The Hall–Kier alpha value is -1.44. The van der Waals surface area contributed by atoms with E-state index in [4.69, 9.17) is 4.74 Å². The van der Waals surface area contributed by atoms with Crippen molar-refractivity contribution in [3.63, 3.8) is 0 Å². The zero-order valence-corrected chi connectivity index (χ0v) is 15.7. The van der Waals surface area contributed by atoms with Gasteiger partial charge in [0.25, 0.3) is 0 Å². The number of thiophene rings is 1. The Morgan fingerprint density at radius 1 is 1.29 bits per heavy atom. The number of hydrogen-bond acceptors (Lipinski definition) is 6. The van der Waals surface area contributed by atoms with Crippen LogP contribution >= 0.6 is 11.3 Å². The van der Waals surface area contributed by atoms with Crippen LogP contribution in [0.4, 0.5) is 5.69 Å². The minimum absolute atomic E-state index is 0.0525. The van der Waals surface area contributed by atoms with Crippen LogP contribution in [0.2, 0.25) is 0 Å². The molecule has 0 radical (unpaired) electrons. The van der Waals surface area contributed by atoms with Gasteiger partial charge < -0.3 is 9.64 Å². The normalized spacial score (nSPS) is 19.5. The predicted octanol–water partition coefficient (Wildman–Crippen LogP) is 3.29. The molecule has 130 valence electrons. The van der Waals surface area contributed by atoms with E-state index >= 15 is 0 Å². The summed E-state index contributed by atoms with van der Waals surface area (Å²) in [5.41, 5.74) is 0.924. The Balaban J connectivity index is 1.79. The van der Waals surface area contributed by atoms with Gasteiger partial charge in [-0.05, 0) is 44.4 Å². The topological polar surface area (TPSA) is 59.5 Å². The van der Waals surface area contributed by atoms with Gasteiger partial charge in [0.2, 0.25) is 0 Å². The van der Waals surface area contributed by atoms with Crippen LogP contribution in [0.15, 0.2) is 40.9 Å². The van der Waals surface area contributed by atoms with E-state index in [0.29, 0.717) is 6.61 Å². The Morgan fingerprint density at radius 2 is 2.08 bits per heavy atom. The van der Waals surface area contributed by atoms with Crippen molar-refractivity contribution < 1.29 is 13.2 Å². The van der Waals surface area contributed by atoms with Crippen molar-refractivity contribution in [2.24, 2.45) is 0 Å². The average molecular weight is 367 g/mol. The number of hydrogen-bond donors (Lipinski definition) is 0. The summed E-state index contributed by atoms with van der Waals surface area (Å²) in [6.45, 7) is 7.22. The lowest BCUT2D eigenvalue weighted by atomic mass is 10.2. The number of nitrogens with zero attached hydrogens (tertiary/aromatic N) is 2. The second-order valence-electron chi connectivity index (χ2n) is 6.79. The van der Waals surface area contributed by atoms with E-state index < -0.39 is 14.6 Å². The van der Waals surface area contributed by atoms with Crippen LogP contribution in [0.3, 0.4) is 0 Å². The van der Waals surface area contributed by atoms with Gasteiger partial charge >= 0.3 is 0 Å². The lowest BCUT2D eigenvalue weighted by molar-refractivity contribution is 0.0421. The highest BCUT2D eigenvalue weighted by molar-refractivity contribution is 7.92. The summed E-state index contributed by atoms with van der Waals surface area (Å²) in [7, 11) is -3.42. The quantitative estimate of drug-likeness (QED) is 0.834. The molecule has 0 aliphatic carbocycles. The van der Waals surface area contributed by atoms with E-state index in [-0.39, 0.29) is 11.1 Å². The van der Waals surface area contributed by atoms with E-state index in [2.05, 4.69) is 16.0 Å². The monoisotopic (exact) mass is 366 g/mol. The molecule has 0 aromatic carbocycles. The number of sulfone groups is 1. The fraction of sp³-hybridized carbons (Fsp3) is 0.471. The third-order valence-electron chi connectivity index (χ3n) is 4.09. The number of morpholine rings is 1. The van der Waals surface area contributed by atoms with Crippen molar-refractivity contribution in [1.82, 2.24) is 4.98 Å². The maximum atomic E-state index is 12.5. The first kappa shape index (κ1) is 17.4. The Morgan fingerprint density at radius 3 is 2.67 bits per heavy atom. The Bertz CT molecular complexity index is 778. The highest BCUT2D eigenvalue weighted by Gasteiger charge is 2.32. The van der Waals surface area contributed by atoms with Crippen LogP contribution in [-0.2, 0) is 14.6 Å². The lowest BCUT2D eigenvalue weighted by Gasteiger charge is -2.34. The summed E-state index contributed by atoms with van der Waals surface area (Å²) < 4.78 is 29.9. The van der Waals surface area contributed by atoms with Crippen molar-refractivity contribution in [3.8, 4) is 0 Å². The number of rotatable bonds is 3. The van der Waals surface area contributed by atoms with Crippen molar-refractivity contribution in [2.45, 2.75) is 36.6 Å². The predicted molar refractivity (Wildman–Crippen MR) is 96.4 cm³/mol. The highest BCUT2D eigenvalue weighted by atomic mass is 32.2. The SMILES string of the molecule is CC(C)(C)S(=O)(=O)c1ccc(N2CCOC(c3cccs3)C2)cn1. The van der Waals surface area contributed by atoms with Crippen LogP contribution in [0.25, 0.3) is 0 Å².